The summed E-state index contributed by atoms with van der Waals surface area (Å²) in [5, 5.41) is 2.65. The third-order valence-electron chi connectivity index (χ3n) is 4.47. The summed E-state index contributed by atoms with van der Waals surface area (Å²) in [5.74, 6) is -1.29. The van der Waals surface area contributed by atoms with Gasteiger partial charge in [-0.2, -0.15) is 0 Å². The van der Waals surface area contributed by atoms with Gasteiger partial charge < -0.3 is 14.8 Å². The van der Waals surface area contributed by atoms with Gasteiger partial charge in [-0.25, -0.2) is 9.18 Å². The van der Waals surface area contributed by atoms with Crippen molar-refractivity contribution in [1.82, 2.24) is 10.2 Å². The molecule has 1 saturated heterocycles. The minimum Gasteiger partial charge on any atom is -0.494 e. The summed E-state index contributed by atoms with van der Waals surface area (Å²) < 4.78 is 23.5. The highest BCUT2D eigenvalue weighted by atomic mass is 19.1. The van der Waals surface area contributed by atoms with E-state index >= 15 is 0 Å². The molecule has 0 radical (unpaired) electrons. The van der Waals surface area contributed by atoms with E-state index in [0.717, 1.165) is 11.3 Å². The Morgan fingerprint density at radius 2 is 2.04 bits per heavy atom. The van der Waals surface area contributed by atoms with E-state index < -0.39 is 35.8 Å². The van der Waals surface area contributed by atoms with E-state index in [1.54, 1.807) is 13.0 Å². The third kappa shape index (κ3) is 4.96. The molecular weight excluding hydrogens is 355 g/mol. The summed E-state index contributed by atoms with van der Waals surface area (Å²) >= 11 is 0. The molecule has 0 saturated carbocycles. The topological polar surface area (TPSA) is 84.9 Å². The Balaban J connectivity index is 1.92. The van der Waals surface area contributed by atoms with E-state index in [1.165, 1.54) is 19.2 Å². The second-order valence-corrected chi connectivity index (χ2v) is 7.22. The van der Waals surface area contributed by atoms with Gasteiger partial charge in [-0.1, -0.05) is 19.9 Å². The quantitative estimate of drug-likeness (QED) is 0.554. The zero-order valence-electron chi connectivity index (χ0n) is 16.0. The molecule has 1 heterocycles. The number of nitrogens with one attached hydrogen (secondary N) is 1. The number of carbonyl (C=O) groups excluding carboxylic acids is 3. The van der Waals surface area contributed by atoms with Crippen LogP contribution in [-0.2, 0) is 20.9 Å². The van der Waals surface area contributed by atoms with Gasteiger partial charge in [-0.05, 0) is 43.4 Å². The van der Waals surface area contributed by atoms with Crippen LogP contribution >= 0.6 is 0 Å². The Hall–Kier alpha value is -2.64. The molecule has 1 aliphatic rings. The highest BCUT2D eigenvalue weighted by molar-refractivity contribution is 6.08. The first-order valence-corrected chi connectivity index (χ1v) is 8.78. The Bertz CT molecular complexity index is 737. The normalized spacial score (nSPS) is 19.4. The molecule has 0 aromatic heterocycles. The van der Waals surface area contributed by atoms with Crippen molar-refractivity contribution in [3.05, 3.63) is 29.6 Å². The molecule has 7 nitrogen and oxygen atoms in total. The molecule has 27 heavy (non-hydrogen) atoms. The van der Waals surface area contributed by atoms with Gasteiger partial charge in [0, 0.05) is 0 Å². The minimum absolute atomic E-state index is 0.0881. The number of nitrogens with zero attached hydrogens (tertiary/aromatic N) is 1. The van der Waals surface area contributed by atoms with Crippen molar-refractivity contribution in [1.29, 1.82) is 0 Å². The number of imide groups is 1. The van der Waals surface area contributed by atoms with Crippen molar-refractivity contribution < 1.29 is 28.2 Å². The highest BCUT2D eigenvalue weighted by Crippen LogP contribution is 2.24. The van der Waals surface area contributed by atoms with Crippen LogP contribution < -0.4 is 10.1 Å². The molecule has 3 amide bonds. The molecule has 1 fully saturated rings. The minimum atomic E-state index is -1.01. The smallest absolute Gasteiger partial charge is 0.326 e. The second kappa shape index (κ2) is 8.37. The predicted molar refractivity (Wildman–Crippen MR) is 95.5 cm³/mol. The van der Waals surface area contributed by atoms with Crippen LogP contribution in [-0.4, -0.2) is 42.0 Å². The van der Waals surface area contributed by atoms with E-state index in [4.69, 9.17) is 9.47 Å². The van der Waals surface area contributed by atoms with Crippen LogP contribution in [0.5, 0.6) is 5.75 Å². The van der Waals surface area contributed by atoms with E-state index in [9.17, 15) is 18.8 Å². The summed E-state index contributed by atoms with van der Waals surface area (Å²) in [5.41, 5.74) is -0.582. The Labute approximate surface area is 157 Å². The predicted octanol–water partition coefficient (Wildman–Crippen LogP) is 2.62. The first kappa shape index (κ1) is 20.7. The number of rotatable bonds is 8. The monoisotopic (exact) mass is 380 g/mol. The van der Waals surface area contributed by atoms with Crippen LogP contribution in [0.4, 0.5) is 9.18 Å². The maximum atomic E-state index is 13.6. The lowest BCUT2D eigenvalue weighted by molar-refractivity contribution is -0.148. The van der Waals surface area contributed by atoms with E-state index in [2.05, 4.69) is 5.32 Å². The number of benzene rings is 1. The third-order valence-corrected chi connectivity index (χ3v) is 4.47. The zero-order valence-corrected chi connectivity index (χ0v) is 16.0. The van der Waals surface area contributed by atoms with Crippen LogP contribution in [0.1, 0.15) is 39.2 Å². The lowest BCUT2D eigenvalue weighted by atomic mass is 9.92. The largest absolute Gasteiger partial charge is 0.494 e. The molecule has 0 spiro atoms. The lowest BCUT2D eigenvalue weighted by Crippen LogP contribution is -2.44. The number of urea groups is 1. The Morgan fingerprint density at radius 3 is 2.63 bits per heavy atom. The van der Waals surface area contributed by atoms with Crippen molar-refractivity contribution in [2.45, 2.75) is 45.8 Å². The Kier molecular flexibility index (Phi) is 6.41. The number of esters is 1. The van der Waals surface area contributed by atoms with Gasteiger partial charge in [-0.15, -0.1) is 0 Å². The van der Waals surface area contributed by atoms with Gasteiger partial charge >= 0.3 is 12.0 Å². The SMILES string of the molecule is COc1ccc(COC(=O)CN2C(=O)N[C@@](C)(CCC(C)C)C2=O)cc1F. The fraction of sp³-hybridized carbons (Fsp3) is 0.526. The van der Waals surface area contributed by atoms with Crippen molar-refractivity contribution in [3.63, 3.8) is 0 Å². The molecule has 0 unspecified atom stereocenters. The number of hydrogen-bond acceptors (Lipinski definition) is 5. The van der Waals surface area contributed by atoms with Gasteiger partial charge in [0.1, 0.15) is 18.7 Å². The van der Waals surface area contributed by atoms with Gasteiger partial charge in [0.15, 0.2) is 11.6 Å². The van der Waals surface area contributed by atoms with Crippen molar-refractivity contribution >= 4 is 17.9 Å². The van der Waals surface area contributed by atoms with Crippen LogP contribution in [0.25, 0.3) is 0 Å². The summed E-state index contributed by atoms with van der Waals surface area (Å²) in [6.07, 6.45) is 1.26. The molecule has 2 rings (SSSR count). The van der Waals surface area contributed by atoms with Crippen molar-refractivity contribution in [3.8, 4) is 5.75 Å². The summed E-state index contributed by atoms with van der Waals surface area (Å²) in [4.78, 5) is 37.5. The number of amides is 3. The first-order chi connectivity index (χ1) is 12.7. The summed E-state index contributed by atoms with van der Waals surface area (Å²) in [6, 6.07) is 3.57. The molecule has 1 atom stereocenters. The average molecular weight is 380 g/mol. The van der Waals surface area contributed by atoms with Gasteiger partial charge in [0.2, 0.25) is 0 Å². The molecule has 1 N–H and O–H groups in total. The molecular formula is C19H25FN2O5. The molecule has 1 aromatic carbocycles. The highest BCUT2D eigenvalue weighted by Gasteiger charge is 2.48. The molecule has 0 aliphatic carbocycles. The van der Waals surface area contributed by atoms with Crippen LogP contribution in [0.2, 0.25) is 0 Å². The standard InChI is InChI=1S/C19H25FN2O5/c1-12(2)7-8-19(3)17(24)22(18(25)21-19)10-16(23)27-11-13-5-6-15(26-4)14(20)9-13/h5-6,9,12H,7-8,10-11H2,1-4H3,(H,21,25)/t19-/m0/s1. The van der Waals surface area contributed by atoms with E-state index in [-0.39, 0.29) is 12.4 Å². The fourth-order valence-corrected chi connectivity index (χ4v) is 2.78. The lowest BCUT2D eigenvalue weighted by Gasteiger charge is -2.22. The van der Waals surface area contributed by atoms with Crippen LogP contribution in [0.3, 0.4) is 0 Å². The molecule has 1 aliphatic heterocycles. The number of ether oxygens (including phenoxy) is 2. The van der Waals surface area contributed by atoms with E-state index in [1.807, 2.05) is 13.8 Å². The maximum Gasteiger partial charge on any atom is 0.326 e. The van der Waals surface area contributed by atoms with Gasteiger partial charge in [0.25, 0.3) is 5.91 Å². The number of methoxy groups -OCH3 is 1. The molecule has 8 heteroatoms. The van der Waals surface area contributed by atoms with Crippen LogP contribution in [0.15, 0.2) is 18.2 Å². The average Bonchev–Trinajstić information content (AvgIpc) is 2.82. The molecule has 0 bridgehead atoms. The Morgan fingerprint density at radius 1 is 1.33 bits per heavy atom. The number of carbonyl (C=O) groups is 3. The fourth-order valence-electron chi connectivity index (χ4n) is 2.78. The number of hydrogen-bond donors (Lipinski definition) is 1. The summed E-state index contributed by atoms with van der Waals surface area (Å²) in [7, 11) is 1.35. The second-order valence-electron chi connectivity index (χ2n) is 7.22. The summed E-state index contributed by atoms with van der Waals surface area (Å²) in [6.45, 7) is 5.05. The van der Waals surface area contributed by atoms with Gasteiger partial charge in [0.05, 0.1) is 7.11 Å². The van der Waals surface area contributed by atoms with Crippen molar-refractivity contribution in [2.75, 3.05) is 13.7 Å². The molecule has 1 aromatic rings. The van der Waals surface area contributed by atoms with Gasteiger partial charge in [-0.3, -0.25) is 14.5 Å². The van der Waals surface area contributed by atoms with Crippen molar-refractivity contribution in [2.24, 2.45) is 5.92 Å². The molecule has 148 valence electrons. The first-order valence-electron chi connectivity index (χ1n) is 8.78. The van der Waals surface area contributed by atoms with Crippen LogP contribution in [0, 0.1) is 11.7 Å². The number of halogens is 1. The zero-order chi connectivity index (χ0) is 20.2. The van der Waals surface area contributed by atoms with E-state index in [0.29, 0.717) is 17.9 Å². The maximum absolute atomic E-state index is 13.6.